The van der Waals surface area contributed by atoms with E-state index >= 15 is 0 Å². The average molecular weight is 145 g/mol. The number of hydrogen-bond acceptors (Lipinski definition) is 4. The van der Waals surface area contributed by atoms with Crippen molar-refractivity contribution in [1.29, 1.82) is 0 Å². The number of primary amides is 1. The second-order valence-electron chi connectivity index (χ2n) is 2.26. The molecule has 0 aromatic heterocycles. The van der Waals surface area contributed by atoms with E-state index in [1.807, 2.05) is 0 Å². The Morgan fingerprint density at radius 1 is 1.70 bits per heavy atom. The highest BCUT2D eigenvalue weighted by atomic mass is 16.5. The summed E-state index contributed by atoms with van der Waals surface area (Å²) in [5.74, 6) is 4.96. The van der Waals surface area contributed by atoms with Crippen LogP contribution >= 0.6 is 0 Å². The van der Waals surface area contributed by atoms with Crippen LogP contribution < -0.4 is 11.6 Å². The fraction of sp³-hybridized carbons (Fsp3) is 0.800. The van der Waals surface area contributed by atoms with Crippen molar-refractivity contribution in [3.05, 3.63) is 0 Å². The van der Waals surface area contributed by atoms with E-state index in [-0.39, 0.29) is 0 Å². The lowest BCUT2D eigenvalue weighted by molar-refractivity contribution is -0.135. The highest BCUT2D eigenvalue weighted by molar-refractivity contribution is 5.79. The second-order valence-corrected chi connectivity index (χ2v) is 2.26. The van der Waals surface area contributed by atoms with Crippen LogP contribution in [0.2, 0.25) is 0 Å². The number of hydrazine groups is 1. The molecule has 0 aliphatic carbocycles. The van der Waals surface area contributed by atoms with Crippen LogP contribution in [0, 0.1) is 0 Å². The van der Waals surface area contributed by atoms with E-state index in [0.717, 1.165) is 0 Å². The number of nitrogens with zero attached hydrogens (tertiary/aromatic N) is 1. The minimum absolute atomic E-state index is 0.398. The molecule has 5 heteroatoms. The van der Waals surface area contributed by atoms with Crippen LogP contribution in [-0.2, 0) is 9.53 Å². The molecule has 0 aromatic rings. The van der Waals surface area contributed by atoms with Crippen LogP contribution in [0.15, 0.2) is 0 Å². The molecule has 1 rings (SSSR count). The smallest absolute Gasteiger partial charge is 0.247 e. The summed E-state index contributed by atoms with van der Waals surface area (Å²) in [5.41, 5.74) is 4.98. The molecule has 0 bridgehead atoms. The van der Waals surface area contributed by atoms with Crippen LogP contribution in [0.1, 0.15) is 0 Å². The summed E-state index contributed by atoms with van der Waals surface area (Å²) >= 11 is 0. The van der Waals surface area contributed by atoms with E-state index in [1.54, 1.807) is 0 Å². The molecule has 0 radical (unpaired) electrons. The summed E-state index contributed by atoms with van der Waals surface area (Å²) in [7, 11) is 0. The molecule has 1 fully saturated rings. The summed E-state index contributed by atoms with van der Waals surface area (Å²) in [6.45, 7) is 1.53. The Morgan fingerprint density at radius 3 is 2.80 bits per heavy atom. The van der Waals surface area contributed by atoms with Crippen molar-refractivity contribution in [1.82, 2.24) is 5.01 Å². The Hall–Kier alpha value is -0.650. The zero-order valence-corrected chi connectivity index (χ0v) is 5.62. The standard InChI is InChI=1S/C5H11N3O2/c6-5(9)4-3-8(7)1-2-10-4/h4H,1-3,7H2,(H2,6,9). The molecular weight excluding hydrogens is 134 g/mol. The Morgan fingerprint density at radius 2 is 2.40 bits per heavy atom. The molecule has 1 unspecified atom stereocenters. The van der Waals surface area contributed by atoms with Crippen molar-refractivity contribution >= 4 is 5.91 Å². The van der Waals surface area contributed by atoms with Crippen LogP contribution in [0.4, 0.5) is 0 Å². The molecule has 5 nitrogen and oxygen atoms in total. The molecule has 4 N–H and O–H groups in total. The van der Waals surface area contributed by atoms with Gasteiger partial charge in [-0.1, -0.05) is 0 Å². The van der Waals surface area contributed by atoms with Gasteiger partial charge in [-0.25, -0.2) is 5.01 Å². The van der Waals surface area contributed by atoms with Crippen LogP contribution in [-0.4, -0.2) is 36.7 Å². The third-order valence-corrected chi connectivity index (χ3v) is 1.42. The number of ether oxygens (including phenoxy) is 1. The monoisotopic (exact) mass is 145 g/mol. The van der Waals surface area contributed by atoms with Crippen LogP contribution in [0.5, 0.6) is 0 Å². The molecular formula is C5H11N3O2. The van der Waals surface area contributed by atoms with Gasteiger partial charge in [0.1, 0.15) is 6.10 Å². The first kappa shape index (κ1) is 7.46. The quantitative estimate of drug-likeness (QED) is 0.420. The number of morpholine rings is 1. The molecule has 0 aromatic carbocycles. The third-order valence-electron chi connectivity index (χ3n) is 1.42. The summed E-state index contributed by atoms with van der Waals surface area (Å²) in [5, 5.41) is 1.53. The molecule has 0 saturated carbocycles. The first-order chi connectivity index (χ1) is 4.70. The lowest BCUT2D eigenvalue weighted by atomic mass is 10.3. The van der Waals surface area contributed by atoms with E-state index in [9.17, 15) is 4.79 Å². The van der Waals surface area contributed by atoms with Crippen molar-refractivity contribution in [2.75, 3.05) is 19.7 Å². The predicted molar refractivity (Wildman–Crippen MR) is 34.7 cm³/mol. The van der Waals surface area contributed by atoms with Gasteiger partial charge in [0.05, 0.1) is 6.61 Å². The number of rotatable bonds is 1. The van der Waals surface area contributed by atoms with Gasteiger partial charge in [-0.05, 0) is 0 Å². The van der Waals surface area contributed by atoms with Gasteiger partial charge in [0.15, 0.2) is 0 Å². The number of amides is 1. The Kier molecular flexibility index (Phi) is 2.21. The SMILES string of the molecule is NC(=O)C1CN(N)CCO1. The number of nitrogens with two attached hydrogens (primary N) is 2. The first-order valence-corrected chi connectivity index (χ1v) is 3.10. The summed E-state index contributed by atoms with van der Waals surface area (Å²) in [6.07, 6.45) is -0.529. The summed E-state index contributed by atoms with van der Waals surface area (Å²) < 4.78 is 5.01. The zero-order chi connectivity index (χ0) is 7.56. The van der Waals surface area contributed by atoms with E-state index in [1.165, 1.54) is 5.01 Å². The summed E-state index contributed by atoms with van der Waals surface area (Å²) in [4.78, 5) is 10.5. The van der Waals surface area contributed by atoms with Crippen LogP contribution in [0.3, 0.4) is 0 Å². The maximum absolute atomic E-state index is 10.5. The fourth-order valence-electron chi connectivity index (χ4n) is 0.841. The number of carbonyl (C=O) groups is 1. The predicted octanol–water partition coefficient (Wildman–Crippen LogP) is -1.95. The normalized spacial score (nSPS) is 28.3. The van der Waals surface area contributed by atoms with Crippen molar-refractivity contribution in [2.24, 2.45) is 11.6 Å². The molecule has 1 saturated heterocycles. The maximum Gasteiger partial charge on any atom is 0.247 e. The van der Waals surface area contributed by atoms with Gasteiger partial charge in [0, 0.05) is 13.1 Å². The topological polar surface area (TPSA) is 81.6 Å². The van der Waals surface area contributed by atoms with E-state index in [4.69, 9.17) is 16.3 Å². The molecule has 0 spiro atoms. The minimum Gasteiger partial charge on any atom is -0.367 e. The lowest BCUT2D eigenvalue weighted by Gasteiger charge is -2.27. The van der Waals surface area contributed by atoms with Gasteiger partial charge in [-0.2, -0.15) is 0 Å². The average Bonchev–Trinajstić information content (AvgIpc) is 1.88. The third kappa shape index (κ3) is 1.66. The first-order valence-electron chi connectivity index (χ1n) is 3.10. The van der Waals surface area contributed by atoms with Gasteiger partial charge in [0.25, 0.3) is 0 Å². The van der Waals surface area contributed by atoms with Crippen molar-refractivity contribution in [2.45, 2.75) is 6.10 Å². The van der Waals surface area contributed by atoms with E-state index in [0.29, 0.717) is 19.7 Å². The molecule has 58 valence electrons. The number of hydrogen-bond donors (Lipinski definition) is 2. The Bertz CT molecular complexity index is 139. The second kappa shape index (κ2) is 2.96. The molecule has 1 aliphatic rings. The zero-order valence-electron chi connectivity index (χ0n) is 5.62. The fourth-order valence-corrected chi connectivity index (χ4v) is 0.841. The Labute approximate surface area is 58.9 Å². The Balaban J connectivity index is 2.39. The van der Waals surface area contributed by atoms with Gasteiger partial charge in [-0.3, -0.25) is 10.6 Å². The number of carbonyl (C=O) groups excluding carboxylic acids is 1. The summed E-state index contributed by atoms with van der Waals surface area (Å²) in [6, 6.07) is 0. The molecule has 1 atom stereocenters. The highest BCUT2D eigenvalue weighted by Gasteiger charge is 2.22. The van der Waals surface area contributed by atoms with Gasteiger partial charge in [0.2, 0.25) is 5.91 Å². The molecule has 10 heavy (non-hydrogen) atoms. The van der Waals surface area contributed by atoms with Crippen molar-refractivity contribution in [3.63, 3.8) is 0 Å². The molecule has 1 heterocycles. The van der Waals surface area contributed by atoms with E-state index < -0.39 is 12.0 Å². The lowest BCUT2D eigenvalue weighted by Crippen LogP contribution is -2.51. The highest BCUT2D eigenvalue weighted by Crippen LogP contribution is 1.99. The molecule has 1 amide bonds. The van der Waals surface area contributed by atoms with Crippen LogP contribution in [0.25, 0.3) is 0 Å². The van der Waals surface area contributed by atoms with Crippen molar-refractivity contribution in [3.8, 4) is 0 Å². The minimum atomic E-state index is -0.529. The molecule has 1 aliphatic heterocycles. The van der Waals surface area contributed by atoms with Gasteiger partial charge >= 0.3 is 0 Å². The largest absolute Gasteiger partial charge is 0.367 e. The van der Waals surface area contributed by atoms with Crippen molar-refractivity contribution < 1.29 is 9.53 Å². The van der Waals surface area contributed by atoms with Gasteiger partial charge in [-0.15, -0.1) is 0 Å². The van der Waals surface area contributed by atoms with Gasteiger partial charge < -0.3 is 10.5 Å². The van der Waals surface area contributed by atoms with E-state index in [2.05, 4.69) is 0 Å². The maximum atomic E-state index is 10.5.